The fourth-order valence-corrected chi connectivity index (χ4v) is 10.6. The predicted octanol–water partition coefficient (Wildman–Crippen LogP) is 13.7. The average molecular weight is 722 g/mol. The molecule has 7 aromatic carbocycles. The van der Waals surface area contributed by atoms with Crippen LogP contribution in [0.25, 0.3) is 33.1 Å². The number of allylic oxidation sites excluding steroid dienone is 3. The molecule has 0 bridgehead atoms. The summed E-state index contributed by atoms with van der Waals surface area (Å²) in [5.74, 6) is 2.32. The molecule has 1 spiro atoms. The number of para-hydroxylation sites is 3. The van der Waals surface area contributed by atoms with E-state index in [-0.39, 0.29) is 17.3 Å². The SMILES string of the molecule is CC1C=C(N2c3cc4c(cc3C3(c5ccccc5Oc5ccccc53)c3cc5oc6ccccc6c5cc32)C(C)(C)c2ccccc2-4)C=CC1c1ccccc1. The summed E-state index contributed by atoms with van der Waals surface area (Å²) in [6.07, 6.45) is 7.26. The lowest BCUT2D eigenvalue weighted by Crippen LogP contribution is -2.41. The Morgan fingerprint density at radius 3 is 1.95 bits per heavy atom. The summed E-state index contributed by atoms with van der Waals surface area (Å²) in [6, 6.07) is 55.4. The molecular weight excluding hydrogens is 683 g/mol. The van der Waals surface area contributed by atoms with E-state index in [9.17, 15) is 0 Å². The molecule has 2 aliphatic heterocycles. The van der Waals surface area contributed by atoms with Crippen molar-refractivity contribution >= 4 is 33.3 Å². The second-order valence-corrected chi connectivity index (χ2v) is 16.5. The summed E-state index contributed by atoms with van der Waals surface area (Å²) >= 11 is 0. The van der Waals surface area contributed by atoms with Crippen LogP contribution in [-0.2, 0) is 10.8 Å². The molecule has 0 amide bonds. The molecule has 3 nitrogen and oxygen atoms in total. The van der Waals surface area contributed by atoms with Gasteiger partial charge in [-0.05, 0) is 87.3 Å². The highest BCUT2D eigenvalue weighted by Crippen LogP contribution is 2.65. The topological polar surface area (TPSA) is 25.6 Å². The Hall–Kier alpha value is -6.58. The van der Waals surface area contributed by atoms with Crippen molar-refractivity contribution in [1.29, 1.82) is 0 Å². The Morgan fingerprint density at radius 2 is 1.18 bits per heavy atom. The first-order valence-electron chi connectivity index (χ1n) is 19.8. The summed E-state index contributed by atoms with van der Waals surface area (Å²) in [7, 11) is 0. The Morgan fingerprint density at radius 1 is 0.536 bits per heavy atom. The van der Waals surface area contributed by atoms with Gasteiger partial charge in [-0.1, -0.05) is 148 Å². The molecule has 0 saturated heterocycles. The maximum atomic E-state index is 6.81. The molecular formula is C53H39NO2. The Kier molecular flexibility index (Phi) is 6.37. The molecule has 3 heterocycles. The van der Waals surface area contributed by atoms with Gasteiger partial charge in [0.15, 0.2) is 0 Å². The molecule has 0 saturated carbocycles. The number of benzene rings is 7. The van der Waals surface area contributed by atoms with Crippen LogP contribution in [0, 0.1) is 5.92 Å². The minimum absolute atomic E-state index is 0.193. The lowest BCUT2D eigenvalue weighted by atomic mass is 9.60. The zero-order valence-corrected chi connectivity index (χ0v) is 31.6. The van der Waals surface area contributed by atoms with E-state index in [0.29, 0.717) is 0 Å². The largest absolute Gasteiger partial charge is 0.457 e. The molecule has 0 fully saturated rings. The van der Waals surface area contributed by atoms with Crippen molar-refractivity contribution in [3.63, 3.8) is 0 Å². The van der Waals surface area contributed by atoms with E-state index in [1.54, 1.807) is 0 Å². The molecule has 2 aliphatic carbocycles. The molecule has 56 heavy (non-hydrogen) atoms. The Balaban J connectivity index is 1.24. The fourth-order valence-electron chi connectivity index (χ4n) is 10.6. The molecule has 12 rings (SSSR count). The van der Waals surface area contributed by atoms with Gasteiger partial charge in [0, 0.05) is 38.9 Å². The number of rotatable bonds is 2. The predicted molar refractivity (Wildman–Crippen MR) is 227 cm³/mol. The summed E-state index contributed by atoms with van der Waals surface area (Å²) < 4.78 is 13.6. The highest BCUT2D eigenvalue weighted by atomic mass is 16.5. The molecule has 268 valence electrons. The van der Waals surface area contributed by atoms with Crippen molar-refractivity contribution in [2.45, 2.75) is 37.5 Å². The molecule has 2 atom stereocenters. The molecule has 0 N–H and O–H groups in total. The second kappa shape index (κ2) is 11.2. The van der Waals surface area contributed by atoms with Crippen molar-refractivity contribution < 1.29 is 9.15 Å². The van der Waals surface area contributed by atoms with E-state index in [1.807, 2.05) is 0 Å². The van der Waals surface area contributed by atoms with Gasteiger partial charge >= 0.3 is 0 Å². The van der Waals surface area contributed by atoms with Gasteiger partial charge in [-0.25, -0.2) is 0 Å². The first-order valence-corrected chi connectivity index (χ1v) is 19.8. The van der Waals surface area contributed by atoms with Crippen LogP contribution in [0.2, 0.25) is 0 Å². The standard InChI is InChI=1S/C53H39NO2/c1-32-27-34(25-26-35(32)33-15-5-4-6-16-33)54-46-28-38-36-17-7-9-19-40(36)52(2,3)43(38)30-44(46)53(41-20-10-13-23-49(41)56-50-24-14-11-21-42(50)53)45-31-51-39(29-47(45)54)37-18-8-12-22-48(37)55-51/h4-32,35H,1-3H3. The van der Waals surface area contributed by atoms with E-state index in [4.69, 9.17) is 9.15 Å². The third-order valence-electron chi connectivity index (χ3n) is 13.2. The van der Waals surface area contributed by atoms with Gasteiger partial charge in [0.2, 0.25) is 0 Å². The summed E-state index contributed by atoms with van der Waals surface area (Å²) in [4.78, 5) is 2.56. The van der Waals surface area contributed by atoms with Crippen LogP contribution >= 0.6 is 0 Å². The Bertz CT molecular complexity index is 2970. The van der Waals surface area contributed by atoms with Crippen LogP contribution < -0.4 is 9.64 Å². The molecule has 1 aromatic heterocycles. The maximum absolute atomic E-state index is 6.81. The highest BCUT2D eigenvalue weighted by molar-refractivity contribution is 6.08. The van der Waals surface area contributed by atoms with Gasteiger partial charge in [0.1, 0.15) is 22.7 Å². The van der Waals surface area contributed by atoms with Crippen LogP contribution in [0.3, 0.4) is 0 Å². The maximum Gasteiger partial charge on any atom is 0.135 e. The van der Waals surface area contributed by atoms with Gasteiger partial charge in [-0.2, -0.15) is 0 Å². The van der Waals surface area contributed by atoms with Crippen LogP contribution in [0.1, 0.15) is 65.6 Å². The van der Waals surface area contributed by atoms with Crippen molar-refractivity contribution in [3.8, 4) is 22.6 Å². The van der Waals surface area contributed by atoms with E-state index in [2.05, 4.69) is 196 Å². The third-order valence-corrected chi connectivity index (χ3v) is 13.2. The quantitative estimate of drug-likeness (QED) is 0.178. The highest BCUT2D eigenvalue weighted by Gasteiger charge is 2.53. The number of hydrogen-bond acceptors (Lipinski definition) is 3. The lowest BCUT2D eigenvalue weighted by Gasteiger charge is -2.49. The van der Waals surface area contributed by atoms with Crippen molar-refractivity contribution in [1.82, 2.24) is 0 Å². The molecule has 0 radical (unpaired) electrons. The van der Waals surface area contributed by atoms with Gasteiger partial charge in [-0.15, -0.1) is 0 Å². The Labute approximate surface area is 326 Å². The number of nitrogens with zero attached hydrogens (tertiary/aromatic N) is 1. The molecule has 2 unspecified atom stereocenters. The summed E-state index contributed by atoms with van der Waals surface area (Å²) in [5, 5.41) is 2.23. The van der Waals surface area contributed by atoms with E-state index < -0.39 is 5.41 Å². The lowest BCUT2D eigenvalue weighted by molar-refractivity contribution is 0.433. The third kappa shape index (κ3) is 4.07. The van der Waals surface area contributed by atoms with Crippen molar-refractivity contribution in [2.24, 2.45) is 5.92 Å². The number of fused-ring (bicyclic) bond motifs is 14. The van der Waals surface area contributed by atoms with Gasteiger partial charge < -0.3 is 14.1 Å². The van der Waals surface area contributed by atoms with Crippen LogP contribution in [-0.4, -0.2) is 0 Å². The van der Waals surface area contributed by atoms with E-state index in [0.717, 1.165) is 50.3 Å². The van der Waals surface area contributed by atoms with E-state index in [1.165, 1.54) is 50.3 Å². The monoisotopic (exact) mass is 721 g/mol. The summed E-state index contributed by atoms with van der Waals surface area (Å²) in [6.45, 7) is 7.12. The van der Waals surface area contributed by atoms with Gasteiger partial charge in [-0.3, -0.25) is 0 Å². The van der Waals surface area contributed by atoms with Crippen LogP contribution in [0.15, 0.2) is 180 Å². The van der Waals surface area contributed by atoms with Crippen molar-refractivity contribution in [3.05, 3.63) is 215 Å². The second-order valence-electron chi connectivity index (χ2n) is 16.5. The molecule has 3 heteroatoms. The average Bonchev–Trinajstić information content (AvgIpc) is 3.70. The number of hydrogen-bond donors (Lipinski definition) is 0. The molecule has 4 aliphatic rings. The van der Waals surface area contributed by atoms with Crippen molar-refractivity contribution in [2.75, 3.05) is 4.90 Å². The zero-order chi connectivity index (χ0) is 37.3. The minimum Gasteiger partial charge on any atom is -0.457 e. The van der Waals surface area contributed by atoms with Crippen LogP contribution in [0.4, 0.5) is 11.4 Å². The fraction of sp³-hybridized carbons (Fsp3) is 0.132. The smallest absolute Gasteiger partial charge is 0.135 e. The number of anilines is 2. The van der Waals surface area contributed by atoms with E-state index >= 15 is 0 Å². The number of furan rings is 1. The normalized spacial score (nSPS) is 19.1. The van der Waals surface area contributed by atoms with Crippen LogP contribution in [0.5, 0.6) is 11.5 Å². The summed E-state index contributed by atoms with van der Waals surface area (Å²) in [5.41, 5.74) is 15.7. The first-order chi connectivity index (χ1) is 27.4. The van der Waals surface area contributed by atoms with Gasteiger partial charge in [0.25, 0.3) is 0 Å². The zero-order valence-electron chi connectivity index (χ0n) is 31.6. The number of ether oxygens (including phenoxy) is 1. The van der Waals surface area contributed by atoms with Gasteiger partial charge in [0.05, 0.1) is 16.8 Å². The minimum atomic E-state index is -0.712. The first kappa shape index (κ1) is 31.7. The molecule has 8 aromatic rings.